The molecule has 1 atom stereocenters. The standard InChI is InChI=1S/C12H12N2/c1-2-11(13)10-6-5-9-4-3-7-14-12(9)8-10/h2-8,11H,1,13H2/t11-/m0/s1. The van der Waals surface area contributed by atoms with E-state index >= 15 is 0 Å². The number of nitrogens with two attached hydrogens (primary N) is 1. The van der Waals surface area contributed by atoms with Crippen molar-refractivity contribution in [3.05, 3.63) is 54.7 Å². The van der Waals surface area contributed by atoms with Gasteiger partial charge in [0.2, 0.25) is 0 Å². The number of hydrogen-bond donors (Lipinski definition) is 1. The highest BCUT2D eigenvalue weighted by atomic mass is 14.7. The van der Waals surface area contributed by atoms with Gasteiger partial charge in [-0.3, -0.25) is 4.98 Å². The van der Waals surface area contributed by atoms with E-state index in [0.29, 0.717) is 0 Å². The third kappa shape index (κ3) is 1.52. The van der Waals surface area contributed by atoms with Crippen LogP contribution in [0.2, 0.25) is 0 Å². The number of hydrogen-bond acceptors (Lipinski definition) is 2. The predicted molar refractivity (Wildman–Crippen MR) is 58.9 cm³/mol. The first kappa shape index (κ1) is 8.91. The third-order valence-corrected chi connectivity index (χ3v) is 2.27. The predicted octanol–water partition coefficient (Wildman–Crippen LogP) is 2.42. The summed E-state index contributed by atoms with van der Waals surface area (Å²) in [6, 6.07) is 9.89. The van der Waals surface area contributed by atoms with Gasteiger partial charge in [0.25, 0.3) is 0 Å². The van der Waals surface area contributed by atoms with Crippen molar-refractivity contribution in [3.8, 4) is 0 Å². The van der Waals surface area contributed by atoms with Gasteiger partial charge in [-0.15, -0.1) is 6.58 Å². The molecule has 2 N–H and O–H groups in total. The van der Waals surface area contributed by atoms with Gasteiger partial charge in [-0.05, 0) is 17.7 Å². The second kappa shape index (κ2) is 3.60. The van der Waals surface area contributed by atoms with Crippen LogP contribution in [0.4, 0.5) is 0 Å². The molecular weight excluding hydrogens is 172 g/mol. The van der Waals surface area contributed by atoms with Crippen molar-refractivity contribution < 1.29 is 0 Å². The van der Waals surface area contributed by atoms with Gasteiger partial charge >= 0.3 is 0 Å². The molecule has 2 aromatic rings. The van der Waals surface area contributed by atoms with Crippen molar-refractivity contribution in [1.82, 2.24) is 4.98 Å². The zero-order valence-corrected chi connectivity index (χ0v) is 7.85. The number of rotatable bonds is 2. The molecular formula is C12H12N2. The molecule has 0 unspecified atom stereocenters. The van der Waals surface area contributed by atoms with Gasteiger partial charge in [-0.2, -0.15) is 0 Å². The Bertz CT molecular complexity index is 463. The maximum atomic E-state index is 5.84. The highest BCUT2D eigenvalue weighted by Gasteiger charge is 2.01. The van der Waals surface area contributed by atoms with Crippen LogP contribution in [0.5, 0.6) is 0 Å². The van der Waals surface area contributed by atoms with E-state index in [0.717, 1.165) is 16.5 Å². The Balaban J connectivity index is 2.56. The van der Waals surface area contributed by atoms with Crippen molar-refractivity contribution in [1.29, 1.82) is 0 Å². The Morgan fingerprint density at radius 2 is 2.21 bits per heavy atom. The molecule has 2 rings (SSSR count). The van der Waals surface area contributed by atoms with E-state index in [9.17, 15) is 0 Å². The fraction of sp³-hybridized carbons (Fsp3) is 0.0833. The average molecular weight is 184 g/mol. The van der Waals surface area contributed by atoms with Crippen LogP contribution >= 0.6 is 0 Å². The summed E-state index contributed by atoms with van der Waals surface area (Å²) in [7, 11) is 0. The minimum absolute atomic E-state index is 0.110. The molecule has 0 bridgehead atoms. The maximum Gasteiger partial charge on any atom is 0.0705 e. The molecule has 0 aliphatic rings. The van der Waals surface area contributed by atoms with Gasteiger partial charge in [-0.1, -0.05) is 24.3 Å². The molecule has 0 fully saturated rings. The van der Waals surface area contributed by atoms with Crippen molar-refractivity contribution in [2.75, 3.05) is 0 Å². The normalized spacial score (nSPS) is 12.6. The maximum absolute atomic E-state index is 5.84. The largest absolute Gasteiger partial charge is 0.321 e. The smallest absolute Gasteiger partial charge is 0.0705 e. The van der Waals surface area contributed by atoms with Crippen LogP contribution in [0.25, 0.3) is 10.9 Å². The lowest BCUT2D eigenvalue weighted by molar-refractivity contribution is 0.916. The Kier molecular flexibility index (Phi) is 2.29. The first-order valence-corrected chi connectivity index (χ1v) is 4.54. The van der Waals surface area contributed by atoms with Crippen molar-refractivity contribution in [3.63, 3.8) is 0 Å². The first-order chi connectivity index (χ1) is 6.81. The van der Waals surface area contributed by atoms with Crippen LogP contribution in [-0.4, -0.2) is 4.98 Å². The van der Waals surface area contributed by atoms with Gasteiger partial charge < -0.3 is 5.73 Å². The molecule has 2 nitrogen and oxygen atoms in total. The summed E-state index contributed by atoms with van der Waals surface area (Å²) in [5, 5.41) is 1.13. The Morgan fingerprint density at radius 3 is 3.00 bits per heavy atom. The van der Waals surface area contributed by atoms with Crippen molar-refractivity contribution in [2.24, 2.45) is 5.73 Å². The number of fused-ring (bicyclic) bond motifs is 1. The van der Waals surface area contributed by atoms with E-state index in [1.54, 1.807) is 12.3 Å². The molecule has 1 heterocycles. The molecule has 0 amide bonds. The zero-order valence-electron chi connectivity index (χ0n) is 7.85. The summed E-state index contributed by atoms with van der Waals surface area (Å²) >= 11 is 0. The monoisotopic (exact) mass is 184 g/mol. The van der Waals surface area contributed by atoms with Gasteiger partial charge in [0.05, 0.1) is 5.52 Å². The summed E-state index contributed by atoms with van der Waals surface area (Å²) in [5.74, 6) is 0. The van der Waals surface area contributed by atoms with Crippen molar-refractivity contribution in [2.45, 2.75) is 6.04 Å². The number of pyridine rings is 1. The molecule has 70 valence electrons. The van der Waals surface area contributed by atoms with Gasteiger partial charge in [-0.25, -0.2) is 0 Å². The Hall–Kier alpha value is -1.67. The zero-order chi connectivity index (χ0) is 9.97. The van der Waals surface area contributed by atoms with E-state index in [2.05, 4.69) is 11.6 Å². The Labute approximate surface area is 83.1 Å². The molecule has 0 saturated heterocycles. The first-order valence-electron chi connectivity index (χ1n) is 4.54. The summed E-state index contributed by atoms with van der Waals surface area (Å²) in [6.07, 6.45) is 3.51. The van der Waals surface area contributed by atoms with Crippen LogP contribution in [-0.2, 0) is 0 Å². The van der Waals surface area contributed by atoms with Crippen LogP contribution in [0, 0.1) is 0 Å². The van der Waals surface area contributed by atoms with Crippen LogP contribution in [0.1, 0.15) is 11.6 Å². The summed E-state index contributed by atoms with van der Waals surface area (Å²) in [6.45, 7) is 3.67. The third-order valence-electron chi connectivity index (χ3n) is 2.27. The van der Waals surface area contributed by atoms with E-state index in [1.165, 1.54) is 0 Å². The topological polar surface area (TPSA) is 38.9 Å². The van der Waals surface area contributed by atoms with Gasteiger partial charge in [0.15, 0.2) is 0 Å². The molecule has 0 saturated carbocycles. The highest BCUT2D eigenvalue weighted by molar-refractivity contribution is 5.79. The molecule has 2 heteroatoms. The molecule has 0 aliphatic heterocycles. The lowest BCUT2D eigenvalue weighted by Crippen LogP contribution is -2.06. The molecule has 0 spiro atoms. The lowest BCUT2D eigenvalue weighted by atomic mass is 10.1. The van der Waals surface area contributed by atoms with E-state index < -0.39 is 0 Å². The minimum atomic E-state index is -0.110. The van der Waals surface area contributed by atoms with Gasteiger partial charge in [0.1, 0.15) is 0 Å². The van der Waals surface area contributed by atoms with E-state index in [-0.39, 0.29) is 6.04 Å². The fourth-order valence-electron chi connectivity index (χ4n) is 1.43. The van der Waals surface area contributed by atoms with Crippen LogP contribution in [0.15, 0.2) is 49.2 Å². The molecule has 14 heavy (non-hydrogen) atoms. The average Bonchev–Trinajstić information content (AvgIpc) is 2.27. The second-order valence-electron chi connectivity index (χ2n) is 3.22. The van der Waals surface area contributed by atoms with Gasteiger partial charge in [0, 0.05) is 17.6 Å². The molecule has 0 aliphatic carbocycles. The van der Waals surface area contributed by atoms with Crippen molar-refractivity contribution >= 4 is 10.9 Å². The SMILES string of the molecule is C=C[C@H](N)c1ccc2cccnc2c1. The highest BCUT2D eigenvalue weighted by Crippen LogP contribution is 2.17. The second-order valence-corrected chi connectivity index (χ2v) is 3.22. The minimum Gasteiger partial charge on any atom is -0.321 e. The van der Waals surface area contributed by atoms with E-state index in [1.807, 2.05) is 30.3 Å². The van der Waals surface area contributed by atoms with Crippen LogP contribution < -0.4 is 5.73 Å². The summed E-state index contributed by atoms with van der Waals surface area (Å²) in [5.41, 5.74) is 7.86. The summed E-state index contributed by atoms with van der Waals surface area (Å²) < 4.78 is 0. The molecule has 1 aromatic carbocycles. The number of benzene rings is 1. The lowest BCUT2D eigenvalue weighted by Gasteiger charge is -2.06. The number of aromatic nitrogens is 1. The molecule has 0 radical (unpaired) electrons. The number of nitrogens with zero attached hydrogens (tertiary/aromatic N) is 1. The van der Waals surface area contributed by atoms with E-state index in [4.69, 9.17) is 5.73 Å². The molecule has 1 aromatic heterocycles. The Morgan fingerprint density at radius 1 is 1.36 bits per heavy atom. The fourth-order valence-corrected chi connectivity index (χ4v) is 1.43. The summed E-state index contributed by atoms with van der Waals surface area (Å²) in [4.78, 5) is 4.27. The van der Waals surface area contributed by atoms with Crippen LogP contribution in [0.3, 0.4) is 0 Å². The quantitative estimate of drug-likeness (QED) is 0.728.